The summed E-state index contributed by atoms with van der Waals surface area (Å²) in [5.41, 5.74) is -3.84. The number of esters is 1. The van der Waals surface area contributed by atoms with Gasteiger partial charge in [-0.15, -0.1) is 0 Å². The Hall–Kier alpha value is -2.26. The number of halogens is 6. The van der Waals surface area contributed by atoms with Crippen molar-refractivity contribution in [2.75, 3.05) is 20.2 Å². The molecule has 1 fully saturated rings. The number of amides is 1. The van der Waals surface area contributed by atoms with Crippen LogP contribution in [0, 0.1) is 11.8 Å². The molecule has 0 saturated heterocycles. The first-order valence-corrected chi connectivity index (χ1v) is 8.49. The Labute approximate surface area is 157 Å². The van der Waals surface area contributed by atoms with E-state index in [1.807, 2.05) is 0 Å². The standard InChI is InChI=1S/C18H19F6NO3/c1-10(16(27)28-2)8-25(9-11-3-4-11)15(26)12-5-13(17(19,20)21)7-14(6-12)18(22,23)24/h5-7,10-11H,3-4,8-9H2,1-2H3. The third kappa shape index (κ3) is 5.62. The van der Waals surface area contributed by atoms with Crippen LogP contribution in [0.5, 0.6) is 0 Å². The van der Waals surface area contributed by atoms with E-state index < -0.39 is 46.8 Å². The summed E-state index contributed by atoms with van der Waals surface area (Å²) in [6.07, 6.45) is -8.49. The first-order valence-electron chi connectivity index (χ1n) is 8.49. The largest absolute Gasteiger partial charge is 0.469 e. The summed E-state index contributed by atoms with van der Waals surface area (Å²) in [6, 6.07) is 0.777. The van der Waals surface area contributed by atoms with Gasteiger partial charge in [0.25, 0.3) is 5.91 Å². The average Bonchev–Trinajstić information content (AvgIpc) is 3.41. The van der Waals surface area contributed by atoms with Crippen LogP contribution in [0.2, 0.25) is 0 Å². The molecule has 1 atom stereocenters. The van der Waals surface area contributed by atoms with Crippen LogP contribution < -0.4 is 0 Å². The SMILES string of the molecule is COC(=O)C(C)CN(CC1CC1)C(=O)c1cc(C(F)(F)F)cc(C(F)(F)F)c1. The fourth-order valence-corrected chi connectivity index (χ4v) is 2.72. The van der Waals surface area contributed by atoms with E-state index in [1.54, 1.807) is 0 Å². The molecule has 0 bridgehead atoms. The molecule has 0 aliphatic heterocycles. The number of benzene rings is 1. The summed E-state index contributed by atoms with van der Waals surface area (Å²) >= 11 is 0. The fourth-order valence-electron chi connectivity index (χ4n) is 2.72. The zero-order chi connectivity index (χ0) is 21.3. The van der Waals surface area contributed by atoms with Crippen LogP contribution >= 0.6 is 0 Å². The van der Waals surface area contributed by atoms with Crippen LogP contribution in [-0.4, -0.2) is 37.0 Å². The van der Waals surface area contributed by atoms with Crippen molar-refractivity contribution in [3.8, 4) is 0 Å². The second-order valence-electron chi connectivity index (χ2n) is 6.87. The molecular formula is C18H19F6NO3. The molecule has 1 aliphatic carbocycles. The molecule has 2 rings (SSSR count). The lowest BCUT2D eigenvalue weighted by molar-refractivity contribution is -0.145. The second kappa shape index (κ2) is 8.00. The van der Waals surface area contributed by atoms with Crippen LogP contribution in [0.1, 0.15) is 41.3 Å². The Morgan fingerprint density at radius 2 is 1.57 bits per heavy atom. The smallest absolute Gasteiger partial charge is 0.416 e. The quantitative estimate of drug-likeness (QED) is 0.516. The molecule has 0 heterocycles. The minimum Gasteiger partial charge on any atom is -0.469 e. The monoisotopic (exact) mass is 411 g/mol. The van der Waals surface area contributed by atoms with Crippen molar-refractivity contribution in [3.63, 3.8) is 0 Å². The molecule has 1 aromatic carbocycles. The summed E-state index contributed by atoms with van der Waals surface area (Å²) in [6.45, 7) is 1.45. The van der Waals surface area contributed by atoms with E-state index >= 15 is 0 Å². The van der Waals surface area contributed by atoms with Gasteiger partial charge in [0.05, 0.1) is 24.2 Å². The van der Waals surface area contributed by atoms with Gasteiger partial charge in [0.1, 0.15) is 0 Å². The Bertz CT molecular complexity index is 708. The van der Waals surface area contributed by atoms with Gasteiger partial charge in [0, 0.05) is 18.7 Å². The number of carbonyl (C=O) groups excluding carboxylic acids is 2. The third-order valence-corrected chi connectivity index (χ3v) is 4.40. The zero-order valence-corrected chi connectivity index (χ0v) is 15.2. The van der Waals surface area contributed by atoms with Gasteiger partial charge in [-0.2, -0.15) is 26.3 Å². The predicted molar refractivity (Wildman–Crippen MR) is 86.3 cm³/mol. The van der Waals surface area contributed by atoms with Gasteiger partial charge in [-0.05, 0) is 37.0 Å². The minimum atomic E-state index is -5.04. The number of carbonyl (C=O) groups is 2. The predicted octanol–water partition coefficient (Wildman–Crippen LogP) is 4.39. The van der Waals surface area contributed by atoms with E-state index in [0.29, 0.717) is 12.1 Å². The molecule has 4 nitrogen and oxygen atoms in total. The van der Waals surface area contributed by atoms with Crippen LogP contribution in [0.15, 0.2) is 18.2 Å². The topological polar surface area (TPSA) is 46.6 Å². The molecule has 28 heavy (non-hydrogen) atoms. The van der Waals surface area contributed by atoms with Gasteiger partial charge in [0.2, 0.25) is 0 Å². The highest BCUT2D eigenvalue weighted by Crippen LogP contribution is 2.37. The summed E-state index contributed by atoms with van der Waals surface area (Å²) in [4.78, 5) is 25.5. The van der Waals surface area contributed by atoms with Gasteiger partial charge in [-0.3, -0.25) is 9.59 Å². The molecule has 1 aliphatic rings. The Morgan fingerprint density at radius 3 is 1.96 bits per heavy atom. The first kappa shape index (κ1) is 22.0. The molecule has 0 aromatic heterocycles. The van der Waals surface area contributed by atoms with Crippen LogP contribution in [0.25, 0.3) is 0 Å². The molecule has 1 saturated carbocycles. The average molecular weight is 411 g/mol. The normalized spacial score (nSPS) is 15.9. The first-order chi connectivity index (χ1) is 12.8. The molecule has 1 amide bonds. The number of hydrogen-bond acceptors (Lipinski definition) is 3. The maximum atomic E-state index is 13.0. The molecule has 0 spiro atoms. The highest BCUT2D eigenvalue weighted by Gasteiger charge is 2.38. The second-order valence-corrected chi connectivity index (χ2v) is 6.87. The highest BCUT2D eigenvalue weighted by molar-refractivity contribution is 5.95. The lowest BCUT2D eigenvalue weighted by atomic mass is 10.0. The zero-order valence-electron chi connectivity index (χ0n) is 15.2. The number of methoxy groups -OCH3 is 1. The van der Waals surface area contributed by atoms with Gasteiger partial charge < -0.3 is 9.64 Å². The van der Waals surface area contributed by atoms with Crippen molar-refractivity contribution in [1.82, 2.24) is 4.90 Å². The van der Waals surface area contributed by atoms with Crippen LogP contribution in [0.4, 0.5) is 26.3 Å². The maximum absolute atomic E-state index is 13.0. The van der Waals surface area contributed by atoms with Gasteiger partial charge in [-0.25, -0.2) is 0 Å². The molecule has 0 N–H and O–H groups in total. The van der Waals surface area contributed by atoms with E-state index in [-0.39, 0.29) is 25.1 Å². The summed E-state index contributed by atoms with van der Waals surface area (Å²) in [5, 5.41) is 0. The Balaban J connectivity index is 2.40. The minimum absolute atomic E-state index is 0.0287. The van der Waals surface area contributed by atoms with Crippen molar-refractivity contribution >= 4 is 11.9 Å². The van der Waals surface area contributed by atoms with Crippen LogP contribution in [-0.2, 0) is 21.9 Å². The van der Waals surface area contributed by atoms with Crippen molar-refractivity contribution in [1.29, 1.82) is 0 Å². The fraction of sp³-hybridized carbons (Fsp3) is 0.556. The highest BCUT2D eigenvalue weighted by atomic mass is 19.4. The van der Waals surface area contributed by atoms with Crippen molar-refractivity contribution in [2.24, 2.45) is 11.8 Å². The van der Waals surface area contributed by atoms with Gasteiger partial charge in [0.15, 0.2) is 0 Å². The van der Waals surface area contributed by atoms with E-state index in [9.17, 15) is 35.9 Å². The number of hydrogen-bond donors (Lipinski definition) is 0. The molecule has 156 valence electrons. The maximum Gasteiger partial charge on any atom is 0.416 e. The summed E-state index contributed by atoms with van der Waals surface area (Å²) in [7, 11) is 1.15. The van der Waals surface area contributed by atoms with Crippen molar-refractivity contribution in [2.45, 2.75) is 32.1 Å². The molecular weight excluding hydrogens is 392 g/mol. The van der Waals surface area contributed by atoms with Crippen LogP contribution in [0.3, 0.4) is 0 Å². The van der Waals surface area contributed by atoms with E-state index in [0.717, 1.165) is 24.9 Å². The van der Waals surface area contributed by atoms with Crippen molar-refractivity contribution in [3.05, 3.63) is 34.9 Å². The van der Waals surface area contributed by atoms with Crippen molar-refractivity contribution < 1.29 is 40.7 Å². The lowest BCUT2D eigenvalue weighted by Crippen LogP contribution is -2.38. The Morgan fingerprint density at radius 1 is 1.07 bits per heavy atom. The molecule has 1 unspecified atom stereocenters. The van der Waals surface area contributed by atoms with E-state index in [1.165, 1.54) is 6.92 Å². The molecule has 1 aromatic rings. The summed E-state index contributed by atoms with van der Waals surface area (Å²) < 4.78 is 82.7. The third-order valence-electron chi connectivity index (χ3n) is 4.40. The Kier molecular flexibility index (Phi) is 6.30. The molecule has 0 radical (unpaired) electrons. The number of rotatable bonds is 6. The van der Waals surface area contributed by atoms with E-state index in [2.05, 4.69) is 4.74 Å². The number of nitrogens with zero attached hydrogens (tertiary/aromatic N) is 1. The lowest BCUT2D eigenvalue weighted by Gasteiger charge is -2.26. The number of alkyl halides is 6. The van der Waals surface area contributed by atoms with Gasteiger partial charge in [-0.1, -0.05) is 6.92 Å². The number of ether oxygens (including phenoxy) is 1. The van der Waals surface area contributed by atoms with E-state index in [4.69, 9.17) is 0 Å². The summed E-state index contributed by atoms with van der Waals surface area (Å²) in [5.74, 6) is -2.28. The van der Waals surface area contributed by atoms with Gasteiger partial charge >= 0.3 is 18.3 Å². The molecule has 10 heteroatoms.